The second kappa shape index (κ2) is 9.53. The van der Waals surface area contributed by atoms with E-state index >= 15 is 0 Å². The Morgan fingerprint density at radius 2 is 1.53 bits per heavy atom. The van der Waals surface area contributed by atoms with Gasteiger partial charge in [-0.15, -0.1) is 0 Å². The summed E-state index contributed by atoms with van der Waals surface area (Å²) < 4.78 is 27.6. The van der Waals surface area contributed by atoms with Crippen molar-refractivity contribution in [1.29, 1.82) is 0 Å². The van der Waals surface area contributed by atoms with E-state index in [9.17, 15) is 13.9 Å². The van der Waals surface area contributed by atoms with Gasteiger partial charge in [-0.3, -0.25) is 0 Å². The molecular weight excluding hydrogens is 397 g/mol. The minimum absolute atomic E-state index is 0.0678. The molecule has 0 amide bonds. The molecule has 0 saturated heterocycles. The number of hydrogen-bond acceptors (Lipinski definition) is 1. The fraction of sp³-hybridized carbons (Fsp3) is 0.231. The predicted octanol–water partition coefficient (Wildman–Crippen LogP) is 5.65. The maximum atomic E-state index is 14.3. The second-order valence-corrected chi connectivity index (χ2v) is 9.25. The van der Waals surface area contributed by atoms with E-state index in [1.165, 1.54) is 12.1 Å². The Morgan fingerprint density at radius 1 is 0.833 bits per heavy atom. The van der Waals surface area contributed by atoms with Crippen LogP contribution in [0.4, 0.5) is 8.78 Å². The molecule has 3 atom stereocenters. The summed E-state index contributed by atoms with van der Waals surface area (Å²) >= 11 is 0. The van der Waals surface area contributed by atoms with E-state index in [0.29, 0.717) is 17.1 Å². The first kappa shape index (κ1) is 20.8. The lowest BCUT2D eigenvalue weighted by Gasteiger charge is -2.19. The molecule has 0 saturated carbocycles. The Labute approximate surface area is 178 Å². The van der Waals surface area contributed by atoms with Crippen LogP contribution < -0.4 is 10.6 Å². The Hall–Kier alpha value is -2.51. The maximum absolute atomic E-state index is 14.3. The molecule has 0 radical (unpaired) electrons. The number of phenols is 1. The van der Waals surface area contributed by atoms with E-state index in [1.54, 1.807) is 0 Å². The Balaban J connectivity index is 1.65. The van der Waals surface area contributed by atoms with Gasteiger partial charge in [-0.25, -0.2) is 8.78 Å². The third-order valence-corrected chi connectivity index (χ3v) is 6.89. The van der Waals surface area contributed by atoms with E-state index in [-0.39, 0.29) is 14.3 Å². The first-order valence-electron chi connectivity index (χ1n) is 10.3. The highest BCUT2D eigenvalue weighted by atomic mass is 31.1. The molecule has 4 heteroatoms. The zero-order valence-corrected chi connectivity index (χ0v) is 17.7. The van der Waals surface area contributed by atoms with Crippen LogP contribution in [0, 0.1) is 23.5 Å². The number of aromatic hydroxyl groups is 1. The second-order valence-electron chi connectivity index (χ2n) is 7.93. The van der Waals surface area contributed by atoms with Crippen molar-refractivity contribution in [2.24, 2.45) is 11.8 Å². The number of halogens is 2. The smallest absolute Gasteiger partial charge is 0.133 e. The third kappa shape index (κ3) is 5.15. The van der Waals surface area contributed by atoms with Crippen molar-refractivity contribution in [3.63, 3.8) is 0 Å². The van der Waals surface area contributed by atoms with Crippen LogP contribution in [0.2, 0.25) is 0 Å². The van der Waals surface area contributed by atoms with Crippen LogP contribution in [0.5, 0.6) is 5.75 Å². The van der Waals surface area contributed by atoms with Crippen molar-refractivity contribution < 1.29 is 13.9 Å². The van der Waals surface area contributed by atoms with E-state index < -0.39 is 11.6 Å². The van der Waals surface area contributed by atoms with Crippen LogP contribution in [0.15, 0.2) is 78.9 Å². The lowest BCUT2D eigenvalue weighted by atomic mass is 9.89. The Morgan fingerprint density at radius 3 is 2.17 bits per heavy atom. The van der Waals surface area contributed by atoms with Gasteiger partial charge in [0.15, 0.2) is 0 Å². The summed E-state index contributed by atoms with van der Waals surface area (Å²) in [7, 11) is -0.0678. The average Bonchev–Trinajstić information content (AvgIpc) is 2.75. The third-order valence-electron chi connectivity index (χ3n) is 5.57. The zero-order chi connectivity index (χ0) is 20.9. The van der Waals surface area contributed by atoms with Crippen molar-refractivity contribution in [3.05, 3.63) is 102 Å². The molecule has 2 aliphatic carbocycles. The van der Waals surface area contributed by atoms with Gasteiger partial charge in [-0.05, 0) is 66.8 Å². The quantitative estimate of drug-likeness (QED) is 0.597. The van der Waals surface area contributed by atoms with Crippen LogP contribution >= 0.6 is 8.58 Å². The number of benzene rings is 2. The van der Waals surface area contributed by atoms with E-state index in [1.807, 2.05) is 18.2 Å². The highest BCUT2D eigenvalue weighted by Gasteiger charge is 2.17. The van der Waals surface area contributed by atoms with Gasteiger partial charge in [0.05, 0.1) is 0 Å². The van der Waals surface area contributed by atoms with Crippen LogP contribution in [-0.4, -0.2) is 5.11 Å². The van der Waals surface area contributed by atoms with Gasteiger partial charge in [0.1, 0.15) is 17.4 Å². The molecule has 154 valence electrons. The molecule has 0 aliphatic heterocycles. The Bertz CT molecular complexity index is 1040. The lowest BCUT2D eigenvalue weighted by molar-refractivity contribution is 0.467. The molecule has 30 heavy (non-hydrogen) atoms. The van der Waals surface area contributed by atoms with E-state index in [4.69, 9.17) is 0 Å². The minimum atomic E-state index is -0.589. The molecule has 0 aromatic heterocycles. The summed E-state index contributed by atoms with van der Waals surface area (Å²) in [4.78, 5) is 0. The normalized spacial score (nSPS) is 20.5. The van der Waals surface area contributed by atoms with E-state index in [0.717, 1.165) is 48.2 Å². The van der Waals surface area contributed by atoms with Crippen LogP contribution in [-0.2, 0) is 12.8 Å². The highest BCUT2D eigenvalue weighted by Crippen LogP contribution is 2.30. The molecule has 1 N–H and O–H groups in total. The fourth-order valence-electron chi connectivity index (χ4n) is 4.02. The zero-order valence-electron chi connectivity index (χ0n) is 16.7. The van der Waals surface area contributed by atoms with Gasteiger partial charge < -0.3 is 5.11 Å². The Kier molecular flexibility index (Phi) is 6.59. The molecule has 1 nitrogen and oxygen atoms in total. The fourth-order valence-corrected chi connectivity index (χ4v) is 5.20. The van der Waals surface area contributed by atoms with Crippen molar-refractivity contribution in [2.45, 2.75) is 25.7 Å². The molecule has 2 aliphatic rings. The van der Waals surface area contributed by atoms with Gasteiger partial charge >= 0.3 is 0 Å². The van der Waals surface area contributed by atoms with Crippen molar-refractivity contribution in [3.8, 4) is 5.75 Å². The van der Waals surface area contributed by atoms with Gasteiger partial charge in [0, 0.05) is 16.7 Å². The summed E-state index contributed by atoms with van der Waals surface area (Å²) in [6.45, 7) is 0. The summed E-state index contributed by atoms with van der Waals surface area (Å²) in [5.41, 5.74) is 2.05. The first-order chi connectivity index (χ1) is 14.6. The van der Waals surface area contributed by atoms with Crippen LogP contribution in [0.25, 0.3) is 0 Å². The molecule has 0 bridgehead atoms. The molecule has 0 spiro atoms. The standard InChI is InChI=1S/C26H25F2OP/c27-22-11-12-24(23(28)17-22)30-25-16-20(13-18-7-3-1-4-8-18)15-21(26(25)29)14-19-9-5-2-6-10-19/h1-7,9,11-12,15-19,29-30H,8,10,13-14H2. The first-order valence-corrected chi connectivity index (χ1v) is 11.3. The summed E-state index contributed by atoms with van der Waals surface area (Å²) in [5, 5.41) is 12.1. The topological polar surface area (TPSA) is 20.2 Å². The van der Waals surface area contributed by atoms with Gasteiger partial charge in [0.25, 0.3) is 0 Å². The van der Waals surface area contributed by atoms with E-state index in [2.05, 4.69) is 42.5 Å². The molecule has 3 unspecified atom stereocenters. The van der Waals surface area contributed by atoms with Crippen LogP contribution in [0.3, 0.4) is 0 Å². The number of hydrogen-bond donors (Lipinski definition) is 1. The number of phenolic OH excluding ortho intramolecular Hbond substituents is 1. The van der Waals surface area contributed by atoms with Gasteiger partial charge in [-0.2, -0.15) is 0 Å². The molecule has 2 aromatic rings. The summed E-state index contributed by atoms with van der Waals surface area (Å²) in [6, 6.07) is 7.73. The van der Waals surface area contributed by atoms with Gasteiger partial charge in [0.2, 0.25) is 0 Å². The number of allylic oxidation sites excluding steroid dienone is 8. The average molecular weight is 422 g/mol. The summed E-state index contributed by atoms with van der Waals surface area (Å²) in [5.74, 6) is -0.159. The lowest BCUT2D eigenvalue weighted by Crippen LogP contribution is -2.13. The maximum Gasteiger partial charge on any atom is 0.133 e. The van der Waals surface area contributed by atoms with Gasteiger partial charge in [-0.1, -0.05) is 63.3 Å². The van der Waals surface area contributed by atoms with Crippen molar-refractivity contribution in [1.82, 2.24) is 0 Å². The largest absolute Gasteiger partial charge is 0.507 e. The van der Waals surface area contributed by atoms with Crippen LogP contribution in [0.1, 0.15) is 24.0 Å². The van der Waals surface area contributed by atoms with Crippen molar-refractivity contribution >= 4 is 19.2 Å². The molecule has 4 rings (SSSR count). The van der Waals surface area contributed by atoms with Crippen molar-refractivity contribution in [2.75, 3.05) is 0 Å². The molecule has 0 fully saturated rings. The number of rotatable bonds is 6. The monoisotopic (exact) mass is 422 g/mol. The SMILES string of the molecule is Oc1c(CC2C=CC=CC2)cc(CC2C=CC=CC2)cc1Pc1ccc(F)cc1F. The molecular formula is C26H25F2OP. The summed E-state index contributed by atoms with van der Waals surface area (Å²) in [6.07, 6.45) is 20.5. The molecule has 2 aromatic carbocycles. The highest BCUT2D eigenvalue weighted by molar-refractivity contribution is 7.55. The predicted molar refractivity (Wildman–Crippen MR) is 122 cm³/mol. The molecule has 0 heterocycles. The minimum Gasteiger partial charge on any atom is -0.507 e.